The summed E-state index contributed by atoms with van der Waals surface area (Å²) in [6.45, 7) is 0.662. The van der Waals surface area contributed by atoms with Gasteiger partial charge in [0, 0.05) is 12.2 Å². The summed E-state index contributed by atoms with van der Waals surface area (Å²) in [5, 5.41) is 5.71. The predicted molar refractivity (Wildman–Crippen MR) is 111 cm³/mol. The lowest BCUT2D eigenvalue weighted by Gasteiger charge is -2.17. The summed E-state index contributed by atoms with van der Waals surface area (Å²) >= 11 is 0. The van der Waals surface area contributed by atoms with Crippen LogP contribution in [0.1, 0.15) is 39.6 Å². The van der Waals surface area contributed by atoms with Crippen LogP contribution in [-0.2, 0) is 13.0 Å². The molecule has 2 heterocycles. The molecular formula is C22H22N4O3. The molecule has 0 bridgehead atoms. The summed E-state index contributed by atoms with van der Waals surface area (Å²) in [6, 6.07) is 16.4. The summed E-state index contributed by atoms with van der Waals surface area (Å²) in [6.07, 6.45) is 2.62. The number of rotatable bonds is 5. The molecule has 3 aromatic rings. The van der Waals surface area contributed by atoms with E-state index in [-0.39, 0.29) is 17.6 Å². The Bertz CT molecular complexity index is 1040. The van der Waals surface area contributed by atoms with Crippen molar-refractivity contribution in [3.8, 4) is 5.75 Å². The van der Waals surface area contributed by atoms with Gasteiger partial charge in [0.2, 0.25) is 0 Å². The van der Waals surface area contributed by atoms with E-state index in [4.69, 9.17) is 4.74 Å². The molecule has 1 aliphatic heterocycles. The van der Waals surface area contributed by atoms with Crippen LogP contribution in [0.2, 0.25) is 0 Å². The van der Waals surface area contributed by atoms with Crippen molar-refractivity contribution >= 4 is 23.2 Å². The number of hydrogen-bond acceptors (Lipinski definition) is 4. The highest BCUT2D eigenvalue weighted by Crippen LogP contribution is 2.26. The molecule has 2 aromatic carbocycles. The van der Waals surface area contributed by atoms with Gasteiger partial charge in [-0.1, -0.05) is 30.3 Å². The molecule has 1 aliphatic rings. The maximum absolute atomic E-state index is 13.0. The third kappa shape index (κ3) is 3.85. The highest BCUT2D eigenvalue weighted by molar-refractivity contribution is 6.07. The minimum atomic E-state index is -0.364. The molecule has 1 aromatic heterocycles. The van der Waals surface area contributed by atoms with Crippen molar-refractivity contribution in [3.05, 3.63) is 71.8 Å². The fraction of sp³-hybridized carbons (Fsp3) is 0.227. The van der Waals surface area contributed by atoms with Crippen molar-refractivity contribution in [1.29, 1.82) is 0 Å². The quantitative estimate of drug-likeness (QED) is 0.695. The Morgan fingerprint density at radius 2 is 1.72 bits per heavy atom. The number of nitrogens with zero attached hydrogens (tertiary/aromatic N) is 2. The van der Waals surface area contributed by atoms with Crippen LogP contribution in [0.15, 0.2) is 54.6 Å². The van der Waals surface area contributed by atoms with Gasteiger partial charge >= 0.3 is 0 Å². The average Bonchev–Trinajstić information content (AvgIpc) is 3.15. The van der Waals surface area contributed by atoms with Gasteiger partial charge in [0.1, 0.15) is 5.75 Å². The maximum atomic E-state index is 13.0. The van der Waals surface area contributed by atoms with Crippen molar-refractivity contribution in [2.24, 2.45) is 0 Å². The Morgan fingerprint density at radius 1 is 0.966 bits per heavy atom. The largest absolute Gasteiger partial charge is 0.495 e. The number of nitrogens with one attached hydrogen (secondary N) is 2. The van der Waals surface area contributed by atoms with Crippen LogP contribution in [-0.4, -0.2) is 28.5 Å². The minimum Gasteiger partial charge on any atom is -0.495 e. The first-order valence-electron chi connectivity index (χ1n) is 9.57. The molecule has 7 nitrogen and oxygen atoms in total. The smallest absolute Gasteiger partial charge is 0.291 e. The summed E-state index contributed by atoms with van der Waals surface area (Å²) in [5.74, 6) is 0.131. The number of fused-ring (bicyclic) bond motifs is 1. The molecule has 0 saturated carbocycles. The summed E-state index contributed by atoms with van der Waals surface area (Å²) in [7, 11) is 1.55. The van der Waals surface area contributed by atoms with Crippen LogP contribution < -0.4 is 15.4 Å². The van der Waals surface area contributed by atoms with E-state index in [1.54, 1.807) is 19.2 Å². The van der Waals surface area contributed by atoms with Crippen molar-refractivity contribution < 1.29 is 14.3 Å². The van der Waals surface area contributed by atoms with Gasteiger partial charge in [-0.15, -0.1) is 0 Å². The van der Waals surface area contributed by atoms with Gasteiger partial charge in [0.05, 0.1) is 18.5 Å². The SMILES string of the molecule is COc1ccccc1NC(=O)c1nc(C(=O)Nc2ccccc2)c2n1CCCC2. The number of imidazole rings is 1. The molecular weight excluding hydrogens is 368 g/mol. The van der Waals surface area contributed by atoms with Gasteiger partial charge in [-0.05, 0) is 43.5 Å². The Hall–Kier alpha value is -3.61. The molecule has 0 atom stereocenters. The van der Waals surface area contributed by atoms with Crippen molar-refractivity contribution in [2.45, 2.75) is 25.8 Å². The highest BCUT2D eigenvalue weighted by Gasteiger charge is 2.28. The number of benzene rings is 2. The van der Waals surface area contributed by atoms with Crippen molar-refractivity contribution in [1.82, 2.24) is 9.55 Å². The summed E-state index contributed by atoms with van der Waals surface area (Å²) in [5.41, 5.74) is 2.35. The molecule has 2 N–H and O–H groups in total. The topological polar surface area (TPSA) is 85.2 Å². The van der Waals surface area contributed by atoms with E-state index < -0.39 is 0 Å². The van der Waals surface area contributed by atoms with Gasteiger partial charge in [0.25, 0.3) is 11.8 Å². The molecule has 2 amide bonds. The second-order valence-corrected chi connectivity index (χ2v) is 6.81. The van der Waals surface area contributed by atoms with Gasteiger partial charge in [-0.3, -0.25) is 9.59 Å². The Labute approximate surface area is 168 Å². The van der Waals surface area contributed by atoms with Crippen molar-refractivity contribution in [2.75, 3.05) is 17.7 Å². The molecule has 0 fully saturated rings. The number of carbonyl (C=O) groups excluding carboxylic acids is 2. The molecule has 0 spiro atoms. The fourth-order valence-electron chi connectivity index (χ4n) is 3.54. The van der Waals surface area contributed by atoms with E-state index in [0.717, 1.165) is 18.5 Å². The Balaban J connectivity index is 1.64. The molecule has 7 heteroatoms. The molecule has 0 aliphatic carbocycles. The maximum Gasteiger partial charge on any atom is 0.291 e. The van der Waals surface area contributed by atoms with Crippen LogP contribution in [0, 0.1) is 0 Å². The summed E-state index contributed by atoms with van der Waals surface area (Å²) < 4.78 is 7.15. The number of anilines is 2. The number of methoxy groups -OCH3 is 1. The van der Waals surface area contributed by atoms with Gasteiger partial charge in [0.15, 0.2) is 11.5 Å². The van der Waals surface area contributed by atoms with Crippen molar-refractivity contribution in [3.63, 3.8) is 0 Å². The second kappa shape index (κ2) is 8.18. The van der Waals surface area contributed by atoms with Crippen LogP contribution in [0.5, 0.6) is 5.75 Å². The normalized spacial score (nSPS) is 12.7. The molecule has 0 saturated heterocycles. The molecule has 4 rings (SSSR count). The zero-order valence-electron chi connectivity index (χ0n) is 16.1. The lowest BCUT2D eigenvalue weighted by Crippen LogP contribution is -2.21. The number of hydrogen-bond donors (Lipinski definition) is 2. The van der Waals surface area contributed by atoms with Crippen LogP contribution in [0.3, 0.4) is 0 Å². The zero-order chi connectivity index (χ0) is 20.2. The lowest BCUT2D eigenvalue weighted by atomic mass is 10.1. The van der Waals surface area contributed by atoms with Crippen LogP contribution in [0.4, 0.5) is 11.4 Å². The van der Waals surface area contributed by atoms with E-state index in [0.29, 0.717) is 35.8 Å². The Kier molecular flexibility index (Phi) is 5.29. The summed E-state index contributed by atoms with van der Waals surface area (Å²) in [4.78, 5) is 30.2. The average molecular weight is 390 g/mol. The number of amides is 2. The standard InChI is InChI=1S/C22H22N4O3/c1-29-18-13-6-5-11-16(18)24-22(28)20-25-19(17-12-7-8-14-26(17)20)21(27)23-15-9-3-2-4-10-15/h2-6,9-11,13H,7-8,12,14H2,1H3,(H,23,27)(H,24,28). The molecule has 29 heavy (non-hydrogen) atoms. The fourth-order valence-corrected chi connectivity index (χ4v) is 3.54. The van der Waals surface area contributed by atoms with E-state index in [1.807, 2.05) is 47.0 Å². The second-order valence-electron chi connectivity index (χ2n) is 6.81. The van der Waals surface area contributed by atoms with E-state index in [9.17, 15) is 9.59 Å². The Morgan fingerprint density at radius 3 is 2.52 bits per heavy atom. The van der Waals surface area contributed by atoms with Gasteiger partial charge in [-0.2, -0.15) is 0 Å². The first kappa shape index (κ1) is 18.7. The van der Waals surface area contributed by atoms with Crippen LogP contribution >= 0.6 is 0 Å². The molecule has 0 radical (unpaired) electrons. The van der Waals surface area contributed by atoms with Gasteiger partial charge in [-0.25, -0.2) is 4.98 Å². The lowest BCUT2D eigenvalue weighted by molar-refractivity contribution is 0.101. The van der Waals surface area contributed by atoms with E-state index in [2.05, 4.69) is 15.6 Å². The molecule has 0 unspecified atom stereocenters. The third-order valence-corrected chi connectivity index (χ3v) is 4.92. The van der Waals surface area contributed by atoms with Crippen LogP contribution in [0.25, 0.3) is 0 Å². The third-order valence-electron chi connectivity index (χ3n) is 4.92. The number of aromatic nitrogens is 2. The number of para-hydroxylation sites is 3. The first-order valence-corrected chi connectivity index (χ1v) is 9.57. The monoisotopic (exact) mass is 390 g/mol. The van der Waals surface area contributed by atoms with E-state index in [1.165, 1.54) is 0 Å². The minimum absolute atomic E-state index is 0.240. The predicted octanol–water partition coefficient (Wildman–Crippen LogP) is 3.73. The number of carbonyl (C=O) groups is 2. The van der Waals surface area contributed by atoms with E-state index >= 15 is 0 Å². The zero-order valence-corrected chi connectivity index (χ0v) is 16.1. The highest BCUT2D eigenvalue weighted by atomic mass is 16.5. The first-order chi connectivity index (χ1) is 14.2. The van der Waals surface area contributed by atoms with Gasteiger partial charge < -0.3 is 19.9 Å². The number of ether oxygens (including phenoxy) is 1. The molecule has 148 valence electrons.